The fourth-order valence-corrected chi connectivity index (χ4v) is 5.05. The zero-order valence-electron chi connectivity index (χ0n) is 19.5. The summed E-state index contributed by atoms with van der Waals surface area (Å²) in [4.78, 5) is 12.9. The van der Waals surface area contributed by atoms with Crippen LogP contribution in [-0.4, -0.2) is 27.8 Å². The SMILES string of the molecule is COc1cccc(CSc2nnc(C(C)NC(=O)c3cccc(Br)c3)n2-c2cc(Cl)ccc2C)c1. The van der Waals surface area contributed by atoms with Crippen molar-refractivity contribution in [3.8, 4) is 11.4 Å². The number of aromatic nitrogens is 3. The lowest BCUT2D eigenvalue weighted by Crippen LogP contribution is -2.28. The minimum atomic E-state index is -0.404. The molecule has 0 saturated carbocycles. The Labute approximate surface area is 222 Å². The molecule has 35 heavy (non-hydrogen) atoms. The van der Waals surface area contributed by atoms with Gasteiger partial charge in [-0.15, -0.1) is 10.2 Å². The van der Waals surface area contributed by atoms with Crippen LogP contribution in [0.15, 0.2) is 76.4 Å². The molecule has 4 aromatic rings. The average Bonchev–Trinajstić information content (AvgIpc) is 3.28. The van der Waals surface area contributed by atoms with Gasteiger partial charge in [0.2, 0.25) is 0 Å². The Hall–Kier alpha value is -2.81. The van der Waals surface area contributed by atoms with Gasteiger partial charge in [-0.2, -0.15) is 0 Å². The van der Waals surface area contributed by atoms with Gasteiger partial charge < -0.3 is 10.1 Å². The first-order valence-electron chi connectivity index (χ1n) is 10.9. The molecule has 1 aromatic heterocycles. The summed E-state index contributed by atoms with van der Waals surface area (Å²) in [5, 5.41) is 13.3. The van der Waals surface area contributed by atoms with E-state index in [1.54, 1.807) is 31.0 Å². The van der Waals surface area contributed by atoms with Crippen molar-refractivity contribution >= 4 is 45.2 Å². The topological polar surface area (TPSA) is 69.0 Å². The van der Waals surface area contributed by atoms with Crippen LogP contribution in [0.25, 0.3) is 5.69 Å². The summed E-state index contributed by atoms with van der Waals surface area (Å²) in [6.07, 6.45) is 0. The summed E-state index contributed by atoms with van der Waals surface area (Å²) < 4.78 is 8.15. The molecule has 0 aliphatic rings. The predicted molar refractivity (Wildman–Crippen MR) is 144 cm³/mol. The lowest BCUT2D eigenvalue weighted by atomic mass is 10.1. The lowest BCUT2D eigenvalue weighted by molar-refractivity contribution is 0.0938. The van der Waals surface area contributed by atoms with E-state index >= 15 is 0 Å². The smallest absolute Gasteiger partial charge is 0.251 e. The van der Waals surface area contributed by atoms with Gasteiger partial charge in [-0.25, -0.2) is 0 Å². The minimum absolute atomic E-state index is 0.193. The minimum Gasteiger partial charge on any atom is -0.497 e. The number of benzene rings is 3. The Kier molecular flexibility index (Phi) is 8.15. The van der Waals surface area contributed by atoms with Crippen LogP contribution in [0.2, 0.25) is 5.02 Å². The molecule has 0 saturated heterocycles. The van der Waals surface area contributed by atoms with Crippen molar-refractivity contribution in [3.63, 3.8) is 0 Å². The van der Waals surface area contributed by atoms with Crippen LogP contribution < -0.4 is 10.1 Å². The molecule has 0 fully saturated rings. The maximum absolute atomic E-state index is 12.9. The molecule has 180 valence electrons. The number of ether oxygens (including phenoxy) is 1. The van der Waals surface area contributed by atoms with E-state index in [0.717, 1.165) is 27.0 Å². The molecule has 0 radical (unpaired) electrons. The molecule has 4 rings (SSSR count). The number of nitrogens with zero attached hydrogens (tertiary/aromatic N) is 3. The van der Waals surface area contributed by atoms with E-state index in [-0.39, 0.29) is 5.91 Å². The molecule has 1 atom stereocenters. The third kappa shape index (κ3) is 6.07. The molecule has 0 aliphatic heterocycles. The third-order valence-corrected chi connectivity index (χ3v) is 7.12. The van der Waals surface area contributed by atoms with Crippen LogP contribution in [-0.2, 0) is 5.75 Å². The van der Waals surface area contributed by atoms with Crippen molar-refractivity contribution < 1.29 is 9.53 Å². The number of halogens is 2. The second-order valence-corrected chi connectivity index (χ2v) is 10.2. The van der Waals surface area contributed by atoms with Crippen LogP contribution in [0.3, 0.4) is 0 Å². The summed E-state index contributed by atoms with van der Waals surface area (Å²) in [6.45, 7) is 3.91. The van der Waals surface area contributed by atoms with Crippen LogP contribution in [0, 0.1) is 6.92 Å². The Bertz CT molecular complexity index is 1360. The summed E-state index contributed by atoms with van der Waals surface area (Å²) in [5.41, 5.74) is 3.55. The third-order valence-electron chi connectivity index (χ3n) is 5.39. The van der Waals surface area contributed by atoms with E-state index < -0.39 is 6.04 Å². The number of rotatable bonds is 8. The molecule has 6 nitrogen and oxygen atoms in total. The second kappa shape index (κ2) is 11.3. The number of nitrogens with one attached hydrogen (secondary N) is 1. The van der Waals surface area contributed by atoms with Gasteiger partial charge in [0.1, 0.15) is 5.75 Å². The Morgan fingerprint density at radius 1 is 1.14 bits per heavy atom. The zero-order valence-corrected chi connectivity index (χ0v) is 22.6. The predicted octanol–water partition coefficient (Wildman–Crippen LogP) is 6.78. The number of aryl methyl sites for hydroxylation is 1. The van der Waals surface area contributed by atoms with Gasteiger partial charge >= 0.3 is 0 Å². The number of hydrogen-bond donors (Lipinski definition) is 1. The number of carbonyl (C=O) groups excluding carboxylic acids is 1. The molecule has 0 bridgehead atoms. The van der Waals surface area contributed by atoms with Gasteiger partial charge in [0, 0.05) is 20.8 Å². The highest BCUT2D eigenvalue weighted by atomic mass is 79.9. The molecule has 1 N–H and O–H groups in total. The Balaban J connectivity index is 1.66. The Morgan fingerprint density at radius 3 is 2.71 bits per heavy atom. The molecule has 9 heteroatoms. The van der Waals surface area contributed by atoms with Crippen LogP contribution in [0.5, 0.6) is 5.75 Å². The summed E-state index contributed by atoms with van der Waals surface area (Å²) in [5.74, 6) is 1.90. The highest BCUT2D eigenvalue weighted by molar-refractivity contribution is 9.10. The Morgan fingerprint density at radius 2 is 1.94 bits per heavy atom. The van der Waals surface area contributed by atoms with Crippen LogP contribution in [0.1, 0.15) is 40.3 Å². The number of thioether (sulfide) groups is 1. The average molecular weight is 572 g/mol. The number of methoxy groups -OCH3 is 1. The molecular formula is C26H24BrClN4O2S. The molecular weight excluding hydrogens is 548 g/mol. The first-order valence-corrected chi connectivity index (χ1v) is 13.1. The first kappa shape index (κ1) is 25.3. The van der Waals surface area contributed by atoms with E-state index in [0.29, 0.717) is 27.3 Å². The van der Waals surface area contributed by atoms with E-state index in [1.165, 1.54) is 0 Å². The molecule has 3 aromatic carbocycles. The summed E-state index contributed by atoms with van der Waals surface area (Å²) >= 11 is 11.3. The van der Waals surface area contributed by atoms with E-state index in [2.05, 4.69) is 31.4 Å². The molecule has 0 aliphatic carbocycles. The standard InChI is InChI=1S/C26H24BrClN4O2S/c1-16-10-11-21(28)14-23(16)32-24(17(2)29-25(33)19-7-5-8-20(27)13-19)30-31-26(32)35-15-18-6-4-9-22(12-18)34-3/h4-14,17H,15H2,1-3H3,(H,29,33). The van der Waals surface area contributed by atoms with Gasteiger partial charge in [0.05, 0.1) is 18.8 Å². The molecule has 1 amide bonds. The first-order chi connectivity index (χ1) is 16.9. The maximum Gasteiger partial charge on any atom is 0.251 e. The van der Waals surface area contributed by atoms with Gasteiger partial charge in [0.25, 0.3) is 5.91 Å². The van der Waals surface area contributed by atoms with Gasteiger partial charge in [-0.05, 0) is 67.4 Å². The van der Waals surface area contributed by atoms with Crippen molar-refractivity contribution in [2.75, 3.05) is 7.11 Å². The number of amides is 1. The van der Waals surface area contributed by atoms with E-state index in [9.17, 15) is 4.79 Å². The normalized spacial score (nSPS) is 11.8. The zero-order chi connectivity index (χ0) is 24.9. The van der Waals surface area contributed by atoms with E-state index in [1.807, 2.05) is 73.0 Å². The van der Waals surface area contributed by atoms with Gasteiger partial charge in [0.15, 0.2) is 11.0 Å². The van der Waals surface area contributed by atoms with Crippen molar-refractivity contribution in [1.82, 2.24) is 20.1 Å². The maximum atomic E-state index is 12.9. The van der Waals surface area contributed by atoms with Crippen molar-refractivity contribution in [3.05, 3.63) is 98.7 Å². The van der Waals surface area contributed by atoms with E-state index in [4.69, 9.17) is 16.3 Å². The molecule has 1 unspecified atom stereocenters. The quantitative estimate of drug-likeness (QED) is 0.236. The van der Waals surface area contributed by atoms with Crippen LogP contribution >= 0.6 is 39.3 Å². The van der Waals surface area contributed by atoms with Crippen LogP contribution in [0.4, 0.5) is 0 Å². The monoisotopic (exact) mass is 570 g/mol. The van der Waals surface area contributed by atoms with Crippen molar-refractivity contribution in [2.45, 2.75) is 30.8 Å². The highest BCUT2D eigenvalue weighted by Gasteiger charge is 2.23. The summed E-state index contributed by atoms with van der Waals surface area (Å²) in [7, 11) is 1.65. The van der Waals surface area contributed by atoms with Crippen molar-refractivity contribution in [2.24, 2.45) is 0 Å². The lowest BCUT2D eigenvalue weighted by Gasteiger charge is -2.18. The number of hydrogen-bond acceptors (Lipinski definition) is 5. The molecule has 1 heterocycles. The fourth-order valence-electron chi connectivity index (χ4n) is 3.59. The highest BCUT2D eigenvalue weighted by Crippen LogP contribution is 2.31. The molecule has 0 spiro atoms. The van der Waals surface area contributed by atoms with Gasteiger partial charge in [-0.1, -0.05) is 63.6 Å². The summed E-state index contributed by atoms with van der Waals surface area (Å²) in [6, 6.07) is 20.5. The number of carbonyl (C=O) groups is 1. The van der Waals surface area contributed by atoms with Crippen molar-refractivity contribution in [1.29, 1.82) is 0 Å². The van der Waals surface area contributed by atoms with Gasteiger partial charge in [-0.3, -0.25) is 9.36 Å². The fraction of sp³-hybridized carbons (Fsp3) is 0.192. The largest absolute Gasteiger partial charge is 0.497 e. The second-order valence-electron chi connectivity index (χ2n) is 7.95.